The summed E-state index contributed by atoms with van der Waals surface area (Å²) < 4.78 is 18.7. The molecule has 0 saturated carbocycles. The summed E-state index contributed by atoms with van der Waals surface area (Å²) in [6.07, 6.45) is 1.71. The van der Waals surface area contributed by atoms with E-state index in [1.165, 1.54) is 29.3 Å². The van der Waals surface area contributed by atoms with Crippen LogP contribution in [0.15, 0.2) is 89.5 Å². The highest BCUT2D eigenvalue weighted by molar-refractivity contribution is 6.32. The number of carbonyl (C=O) groups is 2. The predicted octanol–water partition coefficient (Wildman–Crippen LogP) is 4.65. The first-order valence-electron chi connectivity index (χ1n) is 9.95. The molecule has 1 N–H and O–H groups in total. The molecule has 2 amide bonds. The molecule has 0 spiro atoms. The van der Waals surface area contributed by atoms with Gasteiger partial charge < -0.3 is 10.1 Å². The van der Waals surface area contributed by atoms with E-state index in [2.05, 4.69) is 10.4 Å². The van der Waals surface area contributed by atoms with Gasteiger partial charge in [-0.25, -0.2) is 4.39 Å². The van der Waals surface area contributed by atoms with Crippen molar-refractivity contribution in [2.45, 2.75) is 6.92 Å². The second kappa shape index (κ2) is 9.26. The molecule has 3 aromatic rings. The Kier molecular flexibility index (Phi) is 6.07. The van der Waals surface area contributed by atoms with Gasteiger partial charge in [0.1, 0.15) is 11.6 Å². The van der Waals surface area contributed by atoms with Gasteiger partial charge in [-0.3, -0.25) is 9.59 Å². The van der Waals surface area contributed by atoms with E-state index in [1.54, 1.807) is 31.2 Å². The van der Waals surface area contributed by atoms with Crippen LogP contribution in [0.4, 0.5) is 15.8 Å². The third-order valence-corrected chi connectivity index (χ3v) is 4.77. The molecule has 0 aromatic heterocycles. The summed E-state index contributed by atoms with van der Waals surface area (Å²) in [6, 6.07) is 21.8. The average Bonchev–Trinajstić information content (AvgIpc) is 3.09. The Morgan fingerprint density at radius 3 is 2.47 bits per heavy atom. The van der Waals surface area contributed by atoms with E-state index >= 15 is 0 Å². The van der Waals surface area contributed by atoms with Gasteiger partial charge in [-0.05, 0) is 55.5 Å². The molecule has 1 aliphatic rings. The molecule has 32 heavy (non-hydrogen) atoms. The van der Waals surface area contributed by atoms with Crippen LogP contribution in [0, 0.1) is 5.82 Å². The summed E-state index contributed by atoms with van der Waals surface area (Å²) in [5.41, 5.74) is 2.83. The smallest absolute Gasteiger partial charge is 0.280 e. The van der Waals surface area contributed by atoms with E-state index in [0.29, 0.717) is 34.0 Å². The number of halogens is 1. The topological polar surface area (TPSA) is 71.0 Å². The van der Waals surface area contributed by atoms with Crippen LogP contribution in [0.2, 0.25) is 0 Å². The lowest BCUT2D eigenvalue weighted by Crippen LogP contribution is -2.21. The monoisotopic (exact) mass is 429 g/mol. The number of hydrogen-bond donors (Lipinski definition) is 1. The Hall–Kier alpha value is -4.26. The highest BCUT2D eigenvalue weighted by Gasteiger charge is 2.28. The van der Waals surface area contributed by atoms with Gasteiger partial charge in [-0.1, -0.05) is 36.4 Å². The molecule has 160 valence electrons. The van der Waals surface area contributed by atoms with Gasteiger partial charge >= 0.3 is 0 Å². The lowest BCUT2D eigenvalue weighted by atomic mass is 10.1. The number of hydrazone groups is 1. The van der Waals surface area contributed by atoms with E-state index in [4.69, 9.17) is 4.74 Å². The van der Waals surface area contributed by atoms with E-state index in [9.17, 15) is 14.0 Å². The number of rotatable bonds is 6. The van der Waals surface area contributed by atoms with Gasteiger partial charge in [0.15, 0.2) is 6.61 Å². The third-order valence-electron chi connectivity index (χ3n) is 4.77. The minimum Gasteiger partial charge on any atom is -0.483 e. The van der Waals surface area contributed by atoms with Crippen molar-refractivity contribution < 1.29 is 18.7 Å². The largest absolute Gasteiger partial charge is 0.483 e. The quantitative estimate of drug-likeness (QED) is 0.580. The first-order valence-corrected chi connectivity index (χ1v) is 9.95. The van der Waals surface area contributed by atoms with Crippen LogP contribution in [-0.2, 0) is 9.59 Å². The second-order valence-electron chi connectivity index (χ2n) is 7.08. The van der Waals surface area contributed by atoms with E-state index in [0.717, 1.165) is 0 Å². The molecule has 6 nitrogen and oxygen atoms in total. The van der Waals surface area contributed by atoms with Crippen LogP contribution in [0.5, 0.6) is 5.75 Å². The van der Waals surface area contributed by atoms with Crippen LogP contribution in [0.25, 0.3) is 6.08 Å². The molecule has 3 aromatic carbocycles. The molecule has 0 unspecified atom stereocenters. The van der Waals surface area contributed by atoms with Crippen molar-refractivity contribution in [3.05, 3.63) is 95.8 Å². The van der Waals surface area contributed by atoms with Crippen LogP contribution in [0.3, 0.4) is 0 Å². The van der Waals surface area contributed by atoms with Crippen molar-refractivity contribution in [1.82, 2.24) is 0 Å². The summed E-state index contributed by atoms with van der Waals surface area (Å²) in [6.45, 7) is 1.53. The van der Waals surface area contributed by atoms with Gasteiger partial charge in [0.2, 0.25) is 0 Å². The molecule has 1 heterocycles. The molecular weight excluding hydrogens is 409 g/mol. The van der Waals surface area contributed by atoms with E-state index in [1.807, 2.05) is 36.4 Å². The molecule has 4 rings (SSSR count). The summed E-state index contributed by atoms with van der Waals surface area (Å²) in [7, 11) is 0. The summed E-state index contributed by atoms with van der Waals surface area (Å²) in [5, 5.41) is 8.38. The van der Waals surface area contributed by atoms with Crippen molar-refractivity contribution in [3.63, 3.8) is 0 Å². The van der Waals surface area contributed by atoms with Gasteiger partial charge in [-0.2, -0.15) is 10.1 Å². The number of amides is 2. The highest BCUT2D eigenvalue weighted by atomic mass is 19.1. The summed E-state index contributed by atoms with van der Waals surface area (Å²) >= 11 is 0. The van der Waals surface area contributed by atoms with Crippen LogP contribution >= 0.6 is 0 Å². The number of hydrogen-bond acceptors (Lipinski definition) is 4. The lowest BCUT2D eigenvalue weighted by molar-refractivity contribution is -0.118. The fourth-order valence-electron chi connectivity index (χ4n) is 3.19. The molecule has 0 aliphatic carbocycles. The number of nitrogens with zero attached hydrogens (tertiary/aromatic N) is 2. The number of ether oxygens (including phenoxy) is 1. The Balaban J connectivity index is 1.48. The van der Waals surface area contributed by atoms with E-state index < -0.39 is 0 Å². The van der Waals surface area contributed by atoms with Gasteiger partial charge in [0, 0.05) is 11.3 Å². The molecule has 0 saturated heterocycles. The maximum absolute atomic E-state index is 13.0. The van der Waals surface area contributed by atoms with Gasteiger partial charge in [0.05, 0.1) is 17.0 Å². The maximum Gasteiger partial charge on any atom is 0.280 e. The Bertz CT molecular complexity index is 1200. The average molecular weight is 429 g/mol. The zero-order chi connectivity index (χ0) is 22.5. The van der Waals surface area contributed by atoms with Gasteiger partial charge in [-0.15, -0.1) is 0 Å². The second-order valence-corrected chi connectivity index (χ2v) is 7.08. The van der Waals surface area contributed by atoms with Crippen molar-refractivity contribution in [2.24, 2.45) is 5.10 Å². The molecule has 7 heteroatoms. The minimum absolute atomic E-state index is 0.238. The van der Waals surface area contributed by atoms with Gasteiger partial charge in [0.25, 0.3) is 11.8 Å². The highest BCUT2D eigenvalue weighted by Crippen LogP contribution is 2.27. The minimum atomic E-state index is -0.385. The zero-order valence-corrected chi connectivity index (χ0v) is 17.3. The van der Waals surface area contributed by atoms with Crippen molar-refractivity contribution in [1.29, 1.82) is 0 Å². The first kappa shape index (κ1) is 21.0. The summed E-state index contributed by atoms with van der Waals surface area (Å²) in [5.74, 6) is -0.554. The lowest BCUT2D eigenvalue weighted by Gasteiger charge is -2.12. The number of para-hydroxylation sites is 2. The van der Waals surface area contributed by atoms with Crippen molar-refractivity contribution >= 4 is 35.0 Å². The SMILES string of the molecule is CC1=NN(c2ccccc2)C(=O)/C1=C/c1ccccc1OCC(=O)Nc1ccc(F)cc1. The zero-order valence-electron chi connectivity index (χ0n) is 17.3. The fraction of sp³-hybridized carbons (Fsp3) is 0.0800. The maximum atomic E-state index is 13.0. The van der Waals surface area contributed by atoms with Crippen LogP contribution in [-0.4, -0.2) is 24.1 Å². The molecule has 0 bridgehead atoms. The summed E-state index contributed by atoms with van der Waals surface area (Å²) in [4.78, 5) is 25.1. The van der Waals surface area contributed by atoms with Crippen molar-refractivity contribution in [2.75, 3.05) is 16.9 Å². The number of benzene rings is 3. The molecular formula is C25H20FN3O3. The normalized spacial score (nSPS) is 14.4. The molecule has 1 aliphatic heterocycles. The standard InChI is InChI=1S/C25H20FN3O3/c1-17-22(25(31)29(28-17)21-8-3-2-4-9-21)15-18-7-5-6-10-23(18)32-16-24(30)27-20-13-11-19(26)12-14-20/h2-15H,16H2,1H3,(H,27,30)/b22-15+. The van der Waals surface area contributed by atoms with E-state index in [-0.39, 0.29) is 24.2 Å². The predicted molar refractivity (Wildman–Crippen MR) is 122 cm³/mol. The number of nitrogens with one attached hydrogen (secondary N) is 1. The molecule has 0 atom stereocenters. The Morgan fingerprint density at radius 1 is 1.03 bits per heavy atom. The number of anilines is 2. The van der Waals surface area contributed by atoms with Crippen LogP contribution in [0.1, 0.15) is 12.5 Å². The third kappa shape index (κ3) is 4.73. The molecule has 0 fully saturated rings. The Labute approximate surface area is 184 Å². The number of carbonyl (C=O) groups excluding carboxylic acids is 2. The van der Waals surface area contributed by atoms with Crippen LogP contribution < -0.4 is 15.1 Å². The first-order chi connectivity index (χ1) is 15.5. The fourth-order valence-corrected chi connectivity index (χ4v) is 3.19. The Morgan fingerprint density at radius 2 is 1.72 bits per heavy atom. The van der Waals surface area contributed by atoms with Crippen molar-refractivity contribution in [3.8, 4) is 5.75 Å². The molecule has 0 radical (unpaired) electrons.